The second kappa shape index (κ2) is 31.4. The van der Waals surface area contributed by atoms with Crippen molar-refractivity contribution in [2.75, 3.05) is 0 Å². The molecule has 0 radical (unpaired) electrons. The van der Waals surface area contributed by atoms with E-state index in [1.807, 2.05) is 91.8 Å². The maximum Gasteiger partial charge on any atom is 0.0971 e. The van der Waals surface area contributed by atoms with Crippen LogP contribution in [0.1, 0.15) is 0 Å². The SMILES string of the molecule is c1ccc(-c2ccc3cc(-c4ccc5nc(-c6cc7cccnc7c7ncccc67)ccc5c4)ccc3n2)cc1.c1ccc2c(-c3ccc4cc(-c5ccc6nc(-c7cc8cccnc8c8ncccc78)ccc6c5)ccc4n3)cccc2c1.c1ccc2cc(-c3ccc4cc(-c5ccc6nc(-c7cc8cccnc8c8ncccc78)ccc6c5)ccc4n3)ccc2c1. The monoisotopic (exact) mass is 1630 g/mol. The van der Waals surface area contributed by atoms with E-state index in [0.29, 0.717) is 0 Å². The maximum absolute atomic E-state index is 5.09. The van der Waals surface area contributed by atoms with Gasteiger partial charge in [-0.1, -0.05) is 218 Å². The van der Waals surface area contributed by atoms with Gasteiger partial charge in [0, 0.05) is 135 Å². The summed E-state index contributed by atoms with van der Waals surface area (Å²) in [5, 5.41) is 17.9. The van der Waals surface area contributed by atoms with Crippen LogP contribution in [-0.4, -0.2) is 59.8 Å². The van der Waals surface area contributed by atoms with Gasteiger partial charge in [-0.3, -0.25) is 29.9 Å². The second-order valence-electron chi connectivity index (χ2n) is 32.3. The first-order valence-electron chi connectivity index (χ1n) is 42.7. The summed E-state index contributed by atoms with van der Waals surface area (Å²) in [7, 11) is 0. The largest absolute Gasteiger partial charge is 0.254 e. The molecule has 128 heavy (non-hydrogen) atoms. The minimum absolute atomic E-state index is 0.896. The Morgan fingerprint density at radius 1 is 0.125 bits per heavy atom. The molecule has 0 atom stereocenters. The highest BCUT2D eigenvalue weighted by atomic mass is 14.8. The molecule has 0 saturated carbocycles. The van der Waals surface area contributed by atoms with Crippen molar-refractivity contribution < 1.29 is 0 Å². The minimum atomic E-state index is 0.896. The summed E-state index contributed by atoms with van der Waals surface area (Å²) < 4.78 is 0. The molecule has 0 bridgehead atoms. The van der Waals surface area contributed by atoms with Gasteiger partial charge in [-0.25, -0.2) is 29.9 Å². The lowest BCUT2D eigenvalue weighted by atomic mass is 9.98. The van der Waals surface area contributed by atoms with E-state index in [0.717, 1.165) is 232 Å². The van der Waals surface area contributed by atoms with Gasteiger partial charge in [0.05, 0.1) is 100 Å². The van der Waals surface area contributed by atoms with Crippen LogP contribution in [0.3, 0.4) is 0 Å². The Hall–Kier alpha value is -17.5. The first-order valence-corrected chi connectivity index (χ1v) is 42.7. The fourth-order valence-electron chi connectivity index (χ4n) is 18.1. The number of pyridine rings is 12. The van der Waals surface area contributed by atoms with Gasteiger partial charge in [0.1, 0.15) is 0 Å². The Morgan fingerprint density at radius 2 is 0.391 bits per heavy atom. The van der Waals surface area contributed by atoms with Crippen molar-refractivity contribution in [3.63, 3.8) is 0 Å². The first kappa shape index (κ1) is 74.4. The van der Waals surface area contributed by atoms with Crippen molar-refractivity contribution >= 4 is 152 Å². The van der Waals surface area contributed by atoms with E-state index in [4.69, 9.17) is 29.9 Å². The van der Waals surface area contributed by atoms with Gasteiger partial charge in [0.2, 0.25) is 0 Å². The quantitative estimate of drug-likeness (QED) is 0.126. The molecule has 12 aromatic heterocycles. The molecule has 12 nitrogen and oxygen atoms in total. The van der Waals surface area contributed by atoms with E-state index in [9.17, 15) is 0 Å². The second-order valence-corrected chi connectivity index (χ2v) is 32.3. The summed E-state index contributed by atoms with van der Waals surface area (Å²) in [5.41, 5.74) is 30.5. The van der Waals surface area contributed by atoms with Crippen LogP contribution in [0, 0.1) is 0 Å². The Labute approximate surface area is 733 Å². The lowest BCUT2D eigenvalue weighted by molar-refractivity contribution is 1.36. The molecule has 0 N–H and O–H groups in total. The maximum atomic E-state index is 5.09. The Kier molecular flexibility index (Phi) is 18.3. The number of hydrogen-bond acceptors (Lipinski definition) is 12. The molecule has 26 aromatic rings. The first-order chi connectivity index (χ1) is 63.3. The van der Waals surface area contributed by atoms with Crippen LogP contribution in [0.5, 0.6) is 0 Å². The van der Waals surface area contributed by atoms with Gasteiger partial charge in [0.25, 0.3) is 0 Å². The predicted molar refractivity (Wildman–Crippen MR) is 527 cm³/mol. The van der Waals surface area contributed by atoms with Crippen LogP contribution in [0.4, 0.5) is 0 Å². The van der Waals surface area contributed by atoms with Gasteiger partial charge in [-0.2, -0.15) is 0 Å². The van der Waals surface area contributed by atoms with E-state index in [-0.39, 0.29) is 0 Å². The average Bonchev–Trinajstić information content (AvgIpc) is 0.761. The zero-order valence-electron chi connectivity index (χ0n) is 68.8. The molecule has 0 amide bonds. The molecule has 0 aliphatic rings. The normalized spacial score (nSPS) is 11.6. The molecule has 26 rings (SSSR count). The lowest BCUT2D eigenvalue weighted by Gasteiger charge is -2.11. The molecule has 594 valence electrons. The lowest BCUT2D eigenvalue weighted by Crippen LogP contribution is -1.91. The van der Waals surface area contributed by atoms with E-state index in [2.05, 4.69) is 364 Å². The fraction of sp³-hybridized carbons (Fsp3) is 0. The molecule has 0 spiro atoms. The average molecular weight is 1630 g/mol. The molecule has 0 fully saturated rings. The highest BCUT2D eigenvalue weighted by Crippen LogP contribution is 2.41. The van der Waals surface area contributed by atoms with Gasteiger partial charge >= 0.3 is 0 Å². The van der Waals surface area contributed by atoms with E-state index >= 15 is 0 Å². The van der Waals surface area contributed by atoms with E-state index in [1.165, 1.54) is 21.5 Å². The highest BCUT2D eigenvalue weighted by molar-refractivity contribution is 6.13. The molecule has 0 aliphatic carbocycles. The standard InChI is InChI=1S/2C40H24N4.C36H22N4/c1-2-9-31-25(6-1)7-3-10-32(31)37-18-14-28-22-26(12-16-35(28)43-37)27-13-17-36-29(23-27)15-19-38(44-36)34-24-30-8-4-20-41-39(30)40-33(34)11-5-21-42-40;1-2-6-26-21-29(10-9-25(26)5-1)36-17-13-30-22-27(11-15-35(30)43-36)28-12-16-37-31(23-28)14-18-38(44-37)34-24-32-7-3-19-41-39(32)40-33(34)8-4-20-42-40;1-2-6-23(7-3-1)31-16-12-26-20-24(10-14-32(26)39-31)25-11-15-33-27(21-25)13-17-34(40-33)30-22-28-8-4-18-37-35(28)36-29(30)9-5-19-38-36/h2*1-24H;1-22H. The third-order valence-corrected chi connectivity index (χ3v) is 24.5. The summed E-state index contributed by atoms with van der Waals surface area (Å²) in [6.07, 6.45) is 10.9. The summed E-state index contributed by atoms with van der Waals surface area (Å²) in [4.78, 5) is 57.9. The summed E-state index contributed by atoms with van der Waals surface area (Å²) in [6, 6.07) is 135. The smallest absolute Gasteiger partial charge is 0.0971 e. The number of fused-ring (bicyclic) bond motifs is 17. The Morgan fingerprint density at radius 3 is 0.781 bits per heavy atom. The van der Waals surface area contributed by atoms with Crippen LogP contribution in [0.15, 0.2) is 425 Å². The molecule has 0 aliphatic heterocycles. The molecule has 12 heteroatoms. The van der Waals surface area contributed by atoms with E-state index < -0.39 is 0 Å². The third kappa shape index (κ3) is 13.8. The number of nitrogens with zero attached hydrogens (tertiary/aromatic N) is 12. The molecule has 0 unspecified atom stereocenters. The molecular weight excluding hydrogens is 1560 g/mol. The van der Waals surface area contributed by atoms with Gasteiger partial charge in [-0.15, -0.1) is 0 Å². The van der Waals surface area contributed by atoms with Crippen LogP contribution in [0.25, 0.3) is 253 Å². The number of rotatable bonds is 9. The van der Waals surface area contributed by atoms with Crippen molar-refractivity contribution in [2.24, 2.45) is 0 Å². The van der Waals surface area contributed by atoms with Gasteiger partial charge < -0.3 is 0 Å². The number of benzene rings is 14. The highest BCUT2D eigenvalue weighted by Gasteiger charge is 2.19. The predicted octanol–water partition coefficient (Wildman–Crippen LogP) is 28.9. The van der Waals surface area contributed by atoms with Crippen molar-refractivity contribution in [2.45, 2.75) is 0 Å². The number of aromatic nitrogens is 12. The third-order valence-electron chi connectivity index (χ3n) is 24.5. The van der Waals surface area contributed by atoms with Crippen LogP contribution >= 0.6 is 0 Å². The van der Waals surface area contributed by atoms with Crippen molar-refractivity contribution in [3.8, 4) is 101 Å². The van der Waals surface area contributed by atoms with Gasteiger partial charge in [0.15, 0.2) is 0 Å². The molecular formula is C116H70N12. The van der Waals surface area contributed by atoms with Crippen LogP contribution < -0.4 is 0 Å². The zero-order valence-corrected chi connectivity index (χ0v) is 68.8. The fourth-order valence-corrected chi connectivity index (χ4v) is 18.1. The van der Waals surface area contributed by atoms with Crippen LogP contribution in [-0.2, 0) is 0 Å². The zero-order chi connectivity index (χ0) is 84.5. The number of hydrogen-bond donors (Lipinski definition) is 0. The minimum Gasteiger partial charge on any atom is -0.254 e. The van der Waals surface area contributed by atoms with Gasteiger partial charge in [-0.05, 0) is 225 Å². The van der Waals surface area contributed by atoms with E-state index in [1.54, 1.807) is 0 Å². The topological polar surface area (TPSA) is 155 Å². The van der Waals surface area contributed by atoms with Crippen molar-refractivity contribution in [1.29, 1.82) is 0 Å². The summed E-state index contributed by atoms with van der Waals surface area (Å²) >= 11 is 0. The molecule has 12 heterocycles. The Balaban J connectivity index is 0.000000107. The van der Waals surface area contributed by atoms with Crippen molar-refractivity contribution in [1.82, 2.24) is 59.8 Å². The summed E-state index contributed by atoms with van der Waals surface area (Å²) in [6.45, 7) is 0. The van der Waals surface area contributed by atoms with Crippen molar-refractivity contribution in [3.05, 3.63) is 425 Å². The molecule has 14 aromatic carbocycles. The Bertz CT molecular complexity index is 9000. The summed E-state index contributed by atoms with van der Waals surface area (Å²) in [5.74, 6) is 0. The van der Waals surface area contributed by atoms with Crippen LogP contribution in [0.2, 0.25) is 0 Å². The molecule has 0 saturated heterocycles.